The van der Waals surface area contributed by atoms with E-state index in [1.807, 2.05) is 11.8 Å². The van der Waals surface area contributed by atoms with Crippen molar-refractivity contribution < 1.29 is 0 Å². The lowest BCUT2D eigenvalue weighted by atomic mass is 9.97. The van der Waals surface area contributed by atoms with Crippen molar-refractivity contribution in [3.8, 4) is 0 Å². The standard InChI is InChI=1S/C17H27N3S/c1-3-18-16(19-11-12-21-2)20-14-17(9-10-17)13-15-7-5-4-6-8-15/h4-8H,3,9-14H2,1-2H3,(H2,18,19,20). The van der Waals surface area contributed by atoms with Crippen molar-refractivity contribution in [3.63, 3.8) is 0 Å². The number of nitrogens with one attached hydrogen (secondary N) is 2. The maximum absolute atomic E-state index is 4.80. The van der Waals surface area contributed by atoms with Crippen molar-refractivity contribution in [3.05, 3.63) is 35.9 Å². The van der Waals surface area contributed by atoms with Crippen molar-refractivity contribution in [1.82, 2.24) is 10.6 Å². The Morgan fingerprint density at radius 2 is 2.00 bits per heavy atom. The SMILES string of the molecule is CCNC(=NCC1(Cc2ccccc2)CC1)NCCSC. The summed E-state index contributed by atoms with van der Waals surface area (Å²) >= 11 is 1.85. The van der Waals surface area contributed by atoms with Gasteiger partial charge in [0, 0.05) is 25.4 Å². The quantitative estimate of drug-likeness (QED) is 0.440. The van der Waals surface area contributed by atoms with Crippen LogP contribution in [-0.4, -0.2) is 37.6 Å². The molecular weight excluding hydrogens is 278 g/mol. The number of nitrogens with zero attached hydrogens (tertiary/aromatic N) is 1. The van der Waals surface area contributed by atoms with E-state index in [0.717, 1.165) is 37.8 Å². The van der Waals surface area contributed by atoms with E-state index in [9.17, 15) is 0 Å². The predicted octanol–water partition coefficient (Wildman–Crippen LogP) is 2.93. The Balaban J connectivity index is 1.87. The molecule has 2 N–H and O–H groups in total. The summed E-state index contributed by atoms with van der Waals surface area (Å²) in [6.07, 6.45) is 5.89. The fourth-order valence-corrected chi connectivity index (χ4v) is 2.76. The Morgan fingerprint density at radius 1 is 1.24 bits per heavy atom. The van der Waals surface area contributed by atoms with Gasteiger partial charge in [0.25, 0.3) is 0 Å². The number of thioether (sulfide) groups is 1. The van der Waals surface area contributed by atoms with Crippen molar-refractivity contribution in [2.45, 2.75) is 26.2 Å². The molecule has 21 heavy (non-hydrogen) atoms. The maximum atomic E-state index is 4.80. The minimum absolute atomic E-state index is 0.406. The molecule has 0 aromatic heterocycles. The maximum Gasteiger partial charge on any atom is 0.191 e. The molecule has 1 aliphatic rings. The summed E-state index contributed by atoms with van der Waals surface area (Å²) in [5.74, 6) is 2.07. The first kappa shape index (κ1) is 16.2. The molecule has 116 valence electrons. The van der Waals surface area contributed by atoms with E-state index in [1.54, 1.807) is 0 Å². The second-order valence-electron chi connectivity index (χ2n) is 5.78. The van der Waals surface area contributed by atoms with Gasteiger partial charge in [0.15, 0.2) is 5.96 Å². The number of rotatable bonds is 8. The zero-order valence-electron chi connectivity index (χ0n) is 13.2. The molecule has 1 aromatic rings. The Kier molecular flexibility index (Phi) is 6.43. The lowest BCUT2D eigenvalue weighted by molar-refractivity contribution is 0.520. The Bertz CT molecular complexity index is 441. The molecule has 2 rings (SSSR count). The Hall–Kier alpha value is -1.16. The number of benzene rings is 1. The van der Waals surface area contributed by atoms with Gasteiger partial charge in [0.1, 0.15) is 0 Å². The van der Waals surface area contributed by atoms with Crippen LogP contribution in [0.5, 0.6) is 0 Å². The molecular formula is C17H27N3S. The largest absolute Gasteiger partial charge is 0.357 e. The molecule has 0 amide bonds. The minimum Gasteiger partial charge on any atom is -0.357 e. The van der Waals surface area contributed by atoms with Gasteiger partial charge < -0.3 is 10.6 Å². The number of aliphatic imine (C=N–C) groups is 1. The molecule has 0 spiro atoms. The molecule has 0 aliphatic heterocycles. The van der Waals surface area contributed by atoms with E-state index in [2.05, 4.69) is 54.1 Å². The second-order valence-corrected chi connectivity index (χ2v) is 6.76. The third kappa shape index (κ3) is 5.62. The lowest BCUT2D eigenvalue weighted by Gasteiger charge is -2.15. The normalized spacial score (nSPS) is 16.6. The molecule has 1 aliphatic carbocycles. The molecule has 1 saturated carbocycles. The van der Waals surface area contributed by atoms with Crippen LogP contribution in [0.15, 0.2) is 35.3 Å². The van der Waals surface area contributed by atoms with Gasteiger partial charge >= 0.3 is 0 Å². The second kappa shape index (κ2) is 8.32. The van der Waals surface area contributed by atoms with E-state index in [0.29, 0.717) is 5.41 Å². The van der Waals surface area contributed by atoms with Gasteiger partial charge in [-0.25, -0.2) is 0 Å². The highest BCUT2D eigenvalue weighted by molar-refractivity contribution is 7.98. The molecule has 0 saturated heterocycles. The number of guanidine groups is 1. The third-order valence-electron chi connectivity index (χ3n) is 3.89. The van der Waals surface area contributed by atoms with Crippen LogP contribution < -0.4 is 10.6 Å². The van der Waals surface area contributed by atoms with Crippen molar-refractivity contribution in [1.29, 1.82) is 0 Å². The first-order valence-corrected chi connectivity index (χ1v) is 9.22. The molecule has 3 nitrogen and oxygen atoms in total. The summed E-state index contributed by atoms with van der Waals surface area (Å²) < 4.78 is 0. The van der Waals surface area contributed by atoms with Gasteiger partial charge in [-0.2, -0.15) is 11.8 Å². The average Bonchev–Trinajstić information content (AvgIpc) is 3.26. The van der Waals surface area contributed by atoms with Gasteiger partial charge in [-0.1, -0.05) is 30.3 Å². The zero-order chi connectivity index (χ0) is 15.0. The fraction of sp³-hybridized carbons (Fsp3) is 0.588. The fourth-order valence-electron chi connectivity index (χ4n) is 2.46. The van der Waals surface area contributed by atoms with Crippen LogP contribution in [0.3, 0.4) is 0 Å². The van der Waals surface area contributed by atoms with Gasteiger partial charge in [0.05, 0.1) is 0 Å². The van der Waals surface area contributed by atoms with E-state index < -0.39 is 0 Å². The highest BCUT2D eigenvalue weighted by Gasteiger charge is 2.42. The molecule has 0 atom stereocenters. The lowest BCUT2D eigenvalue weighted by Crippen LogP contribution is -2.38. The van der Waals surface area contributed by atoms with Crippen LogP contribution in [0.2, 0.25) is 0 Å². The summed E-state index contributed by atoms with van der Waals surface area (Å²) in [4.78, 5) is 4.80. The number of hydrogen-bond acceptors (Lipinski definition) is 2. The zero-order valence-corrected chi connectivity index (χ0v) is 14.0. The van der Waals surface area contributed by atoms with Crippen LogP contribution >= 0.6 is 11.8 Å². The molecule has 0 unspecified atom stereocenters. The molecule has 0 radical (unpaired) electrons. The summed E-state index contributed by atoms with van der Waals surface area (Å²) in [5, 5.41) is 6.74. The molecule has 4 heteroatoms. The third-order valence-corrected chi connectivity index (χ3v) is 4.51. The molecule has 0 bridgehead atoms. The first-order chi connectivity index (χ1) is 10.3. The number of hydrogen-bond donors (Lipinski definition) is 2. The van der Waals surface area contributed by atoms with Crippen LogP contribution in [0.25, 0.3) is 0 Å². The summed E-state index contributed by atoms with van der Waals surface area (Å²) in [7, 11) is 0. The van der Waals surface area contributed by atoms with E-state index in [4.69, 9.17) is 4.99 Å². The first-order valence-electron chi connectivity index (χ1n) is 7.83. The van der Waals surface area contributed by atoms with E-state index in [-0.39, 0.29) is 0 Å². The van der Waals surface area contributed by atoms with Gasteiger partial charge in [0.2, 0.25) is 0 Å². The van der Waals surface area contributed by atoms with Crippen molar-refractivity contribution >= 4 is 17.7 Å². The molecule has 0 heterocycles. The summed E-state index contributed by atoms with van der Waals surface area (Å²) in [5.41, 5.74) is 1.84. The van der Waals surface area contributed by atoms with E-state index in [1.165, 1.54) is 18.4 Å². The Labute approximate surface area is 133 Å². The molecule has 1 fully saturated rings. The van der Waals surface area contributed by atoms with Crippen LogP contribution in [-0.2, 0) is 6.42 Å². The smallest absolute Gasteiger partial charge is 0.191 e. The highest BCUT2D eigenvalue weighted by atomic mass is 32.2. The van der Waals surface area contributed by atoms with Crippen LogP contribution in [0, 0.1) is 5.41 Å². The summed E-state index contributed by atoms with van der Waals surface area (Å²) in [6, 6.07) is 10.8. The van der Waals surface area contributed by atoms with Crippen molar-refractivity contribution in [2.24, 2.45) is 10.4 Å². The van der Waals surface area contributed by atoms with Gasteiger partial charge in [-0.05, 0) is 43.4 Å². The predicted molar refractivity (Wildman–Crippen MR) is 94.2 cm³/mol. The minimum atomic E-state index is 0.406. The Morgan fingerprint density at radius 3 is 2.62 bits per heavy atom. The average molecular weight is 305 g/mol. The van der Waals surface area contributed by atoms with Crippen LogP contribution in [0.4, 0.5) is 0 Å². The highest BCUT2D eigenvalue weighted by Crippen LogP contribution is 2.48. The van der Waals surface area contributed by atoms with Crippen LogP contribution in [0.1, 0.15) is 25.3 Å². The monoisotopic (exact) mass is 305 g/mol. The van der Waals surface area contributed by atoms with Crippen molar-refractivity contribution in [2.75, 3.05) is 31.6 Å². The summed E-state index contributed by atoms with van der Waals surface area (Å²) in [6.45, 7) is 4.93. The molecule has 1 aromatic carbocycles. The topological polar surface area (TPSA) is 36.4 Å². The van der Waals surface area contributed by atoms with E-state index >= 15 is 0 Å². The van der Waals surface area contributed by atoms with Gasteiger partial charge in [-0.3, -0.25) is 4.99 Å². The van der Waals surface area contributed by atoms with Gasteiger partial charge in [-0.15, -0.1) is 0 Å².